The highest BCUT2D eigenvalue weighted by molar-refractivity contribution is 8.00. The van der Waals surface area contributed by atoms with Crippen molar-refractivity contribution in [1.82, 2.24) is 4.90 Å². The van der Waals surface area contributed by atoms with Gasteiger partial charge in [-0.25, -0.2) is 0 Å². The summed E-state index contributed by atoms with van der Waals surface area (Å²) in [6.07, 6.45) is 2.83. The molecule has 2 aliphatic rings. The molecule has 2 unspecified atom stereocenters. The number of rotatable bonds is 1. The maximum absolute atomic E-state index is 11.6. The molecule has 1 saturated carbocycles. The van der Waals surface area contributed by atoms with Crippen molar-refractivity contribution in [3.05, 3.63) is 0 Å². The second-order valence-electron chi connectivity index (χ2n) is 3.81. The molecule has 4 nitrogen and oxygen atoms in total. The minimum Gasteiger partial charge on any atom is -0.326 e. The first-order chi connectivity index (χ1) is 6.70. The molecule has 1 aliphatic carbocycles. The zero-order valence-electron chi connectivity index (χ0n) is 7.94. The second kappa shape index (κ2) is 3.90. The lowest BCUT2D eigenvalue weighted by atomic mass is 10.1. The summed E-state index contributed by atoms with van der Waals surface area (Å²) in [7, 11) is 0. The molecular formula is C9H14N2O2S. The van der Waals surface area contributed by atoms with Crippen molar-refractivity contribution >= 4 is 23.6 Å². The van der Waals surface area contributed by atoms with Gasteiger partial charge < -0.3 is 5.73 Å². The van der Waals surface area contributed by atoms with Crippen LogP contribution in [0.25, 0.3) is 0 Å². The van der Waals surface area contributed by atoms with Crippen LogP contribution in [0.5, 0.6) is 0 Å². The highest BCUT2D eigenvalue weighted by Gasteiger charge is 2.38. The molecule has 2 fully saturated rings. The first kappa shape index (κ1) is 9.98. The van der Waals surface area contributed by atoms with Crippen molar-refractivity contribution < 1.29 is 9.59 Å². The molecule has 1 heterocycles. The SMILES string of the molecule is NC1CCCC1N1C(=O)CSCC1=O. The number of imide groups is 1. The fourth-order valence-corrected chi connectivity index (χ4v) is 2.89. The van der Waals surface area contributed by atoms with Gasteiger partial charge in [0.15, 0.2) is 0 Å². The summed E-state index contributed by atoms with van der Waals surface area (Å²) in [4.78, 5) is 24.5. The third kappa shape index (κ3) is 1.66. The Morgan fingerprint density at radius 2 is 1.86 bits per heavy atom. The summed E-state index contributed by atoms with van der Waals surface area (Å²) in [6.45, 7) is 0. The van der Waals surface area contributed by atoms with Gasteiger partial charge in [-0.3, -0.25) is 14.5 Å². The molecule has 0 aromatic heterocycles. The van der Waals surface area contributed by atoms with E-state index in [1.165, 1.54) is 16.7 Å². The molecule has 1 saturated heterocycles. The van der Waals surface area contributed by atoms with Crippen molar-refractivity contribution in [2.45, 2.75) is 31.3 Å². The Kier molecular flexibility index (Phi) is 2.78. The van der Waals surface area contributed by atoms with Crippen molar-refractivity contribution in [3.63, 3.8) is 0 Å². The van der Waals surface area contributed by atoms with Gasteiger partial charge in [-0.05, 0) is 19.3 Å². The van der Waals surface area contributed by atoms with Crippen molar-refractivity contribution in [3.8, 4) is 0 Å². The lowest BCUT2D eigenvalue weighted by Gasteiger charge is -2.32. The van der Waals surface area contributed by atoms with Crippen LogP contribution in [-0.4, -0.2) is 40.3 Å². The topological polar surface area (TPSA) is 63.4 Å². The van der Waals surface area contributed by atoms with Crippen molar-refractivity contribution in [1.29, 1.82) is 0 Å². The zero-order chi connectivity index (χ0) is 10.1. The van der Waals surface area contributed by atoms with Crippen LogP contribution < -0.4 is 5.73 Å². The van der Waals surface area contributed by atoms with E-state index in [0.717, 1.165) is 19.3 Å². The summed E-state index contributed by atoms with van der Waals surface area (Å²) in [6, 6.07) is -0.0399. The molecule has 78 valence electrons. The van der Waals surface area contributed by atoms with E-state index < -0.39 is 0 Å². The third-order valence-electron chi connectivity index (χ3n) is 2.85. The second-order valence-corrected chi connectivity index (χ2v) is 4.80. The Bertz CT molecular complexity index is 254. The Balaban J connectivity index is 2.13. The van der Waals surface area contributed by atoms with Gasteiger partial charge in [-0.15, -0.1) is 11.8 Å². The minimum absolute atomic E-state index is 0.00833. The summed E-state index contributed by atoms with van der Waals surface area (Å²) in [5.74, 6) is 0.728. The Morgan fingerprint density at radius 1 is 1.21 bits per heavy atom. The van der Waals surface area contributed by atoms with Crippen LogP contribution in [0.1, 0.15) is 19.3 Å². The van der Waals surface area contributed by atoms with Gasteiger partial charge in [-0.2, -0.15) is 0 Å². The average Bonchev–Trinajstić information content (AvgIpc) is 2.52. The molecule has 0 radical (unpaired) electrons. The minimum atomic E-state index is -0.0615. The summed E-state index contributed by atoms with van der Waals surface area (Å²) >= 11 is 1.39. The van der Waals surface area contributed by atoms with E-state index in [1.807, 2.05) is 0 Å². The lowest BCUT2D eigenvalue weighted by Crippen LogP contribution is -2.53. The molecule has 14 heavy (non-hydrogen) atoms. The number of carbonyl (C=O) groups excluding carboxylic acids is 2. The van der Waals surface area contributed by atoms with E-state index in [2.05, 4.69) is 0 Å². The van der Waals surface area contributed by atoms with Crippen molar-refractivity contribution in [2.75, 3.05) is 11.5 Å². The van der Waals surface area contributed by atoms with Gasteiger partial charge in [0, 0.05) is 6.04 Å². The van der Waals surface area contributed by atoms with E-state index in [4.69, 9.17) is 5.73 Å². The molecule has 0 bridgehead atoms. The maximum Gasteiger partial charge on any atom is 0.239 e. The van der Waals surface area contributed by atoms with E-state index in [9.17, 15) is 9.59 Å². The van der Waals surface area contributed by atoms with Crippen LogP contribution in [-0.2, 0) is 9.59 Å². The van der Waals surface area contributed by atoms with Crippen molar-refractivity contribution in [2.24, 2.45) is 5.73 Å². The first-order valence-electron chi connectivity index (χ1n) is 4.88. The molecule has 0 spiro atoms. The quantitative estimate of drug-likeness (QED) is 0.622. The van der Waals surface area contributed by atoms with E-state index in [0.29, 0.717) is 11.5 Å². The van der Waals surface area contributed by atoms with Gasteiger partial charge in [0.1, 0.15) is 0 Å². The number of nitrogens with zero attached hydrogens (tertiary/aromatic N) is 1. The van der Waals surface area contributed by atoms with Gasteiger partial charge in [-0.1, -0.05) is 0 Å². The molecular weight excluding hydrogens is 200 g/mol. The monoisotopic (exact) mass is 214 g/mol. The standard InChI is InChI=1S/C9H14N2O2S/c10-6-2-1-3-7(6)11-8(12)4-14-5-9(11)13/h6-7H,1-5,10H2. The number of hydrogen-bond donors (Lipinski definition) is 1. The number of carbonyl (C=O) groups is 2. The Hall–Kier alpha value is -0.550. The fraction of sp³-hybridized carbons (Fsp3) is 0.778. The van der Waals surface area contributed by atoms with Crippen LogP contribution in [0.2, 0.25) is 0 Å². The molecule has 2 atom stereocenters. The Morgan fingerprint density at radius 3 is 2.36 bits per heavy atom. The summed E-state index contributed by atoms with van der Waals surface area (Å²) < 4.78 is 0. The van der Waals surface area contributed by atoms with Gasteiger partial charge in [0.2, 0.25) is 11.8 Å². The van der Waals surface area contributed by atoms with Crippen LogP contribution in [0.3, 0.4) is 0 Å². The van der Waals surface area contributed by atoms with Gasteiger partial charge >= 0.3 is 0 Å². The lowest BCUT2D eigenvalue weighted by molar-refractivity contribution is -0.145. The van der Waals surface area contributed by atoms with E-state index in [1.54, 1.807) is 0 Å². The largest absolute Gasteiger partial charge is 0.326 e. The van der Waals surface area contributed by atoms with Gasteiger partial charge in [0.05, 0.1) is 17.5 Å². The molecule has 0 aromatic rings. The molecule has 5 heteroatoms. The maximum atomic E-state index is 11.6. The number of amides is 2. The predicted molar refractivity (Wildman–Crippen MR) is 54.8 cm³/mol. The highest BCUT2D eigenvalue weighted by Crippen LogP contribution is 2.26. The number of nitrogens with two attached hydrogens (primary N) is 1. The molecule has 2 N–H and O–H groups in total. The van der Waals surface area contributed by atoms with Crippen LogP contribution >= 0.6 is 11.8 Å². The number of thioether (sulfide) groups is 1. The summed E-state index contributed by atoms with van der Waals surface area (Å²) in [5, 5.41) is 0. The van der Waals surface area contributed by atoms with Crippen LogP contribution in [0.4, 0.5) is 0 Å². The highest BCUT2D eigenvalue weighted by atomic mass is 32.2. The fourth-order valence-electron chi connectivity index (χ4n) is 2.16. The summed E-state index contributed by atoms with van der Waals surface area (Å²) in [5.41, 5.74) is 5.88. The predicted octanol–water partition coefficient (Wildman–Crippen LogP) is -0.0318. The molecule has 2 amide bonds. The molecule has 0 aromatic carbocycles. The third-order valence-corrected chi connectivity index (χ3v) is 3.75. The molecule has 1 aliphatic heterocycles. The first-order valence-corrected chi connectivity index (χ1v) is 6.04. The van der Waals surface area contributed by atoms with E-state index in [-0.39, 0.29) is 23.9 Å². The zero-order valence-corrected chi connectivity index (χ0v) is 8.76. The number of hydrogen-bond acceptors (Lipinski definition) is 4. The average molecular weight is 214 g/mol. The van der Waals surface area contributed by atoms with E-state index >= 15 is 0 Å². The van der Waals surface area contributed by atoms with Crippen LogP contribution in [0, 0.1) is 0 Å². The molecule has 2 rings (SSSR count). The van der Waals surface area contributed by atoms with Gasteiger partial charge in [0.25, 0.3) is 0 Å². The smallest absolute Gasteiger partial charge is 0.239 e. The Labute approximate surface area is 87.2 Å². The van der Waals surface area contributed by atoms with Crippen LogP contribution in [0.15, 0.2) is 0 Å². The normalized spacial score (nSPS) is 33.9.